The summed E-state index contributed by atoms with van der Waals surface area (Å²) in [6, 6.07) is 10.3. The van der Waals surface area contributed by atoms with Crippen LogP contribution in [0.5, 0.6) is 0 Å². The molecule has 2 rings (SSSR count). The van der Waals surface area contributed by atoms with Crippen LogP contribution in [0.2, 0.25) is 0 Å². The monoisotopic (exact) mass is 345 g/mol. The van der Waals surface area contributed by atoms with Gasteiger partial charge in [-0.05, 0) is 38.3 Å². The van der Waals surface area contributed by atoms with Crippen molar-refractivity contribution in [3.05, 3.63) is 35.9 Å². The molecular weight excluding hydrogens is 314 g/mol. The Morgan fingerprint density at radius 1 is 1.12 bits per heavy atom. The second-order valence-electron chi connectivity index (χ2n) is 6.73. The summed E-state index contributed by atoms with van der Waals surface area (Å²) in [5.74, 6) is 0.904. The fraction of sp³-hybridized carbons (Fsp3) is 0.600. The number of hydrogen-bond acceptors (Lipinski definition) is 3. The maximum Gasteiger partial charge on any atom is 0.222 e. The molecule has 0 aliphatic carbocycles. The average Bonchev–Trinajstić information content (AvgIpc) is 3.08. The Labute approximate surface area is 151 Å². The van der Waals surface area contributed by atoms with Crippen molar-refractivity contribution in [3.8, 4) is 0 Å². The highest BCUT2D eigenvalue weighted by Gasteiger charge is 2.34. The zero-order valence-corrected chi connectivity index (χ0v) is 15.5. The van der Waals surface area contributed by atoms with Gasteiger partial charge in [0.25, 0.3) is 0 Å². The predicted molar refractivity (Wildman–Crippen MR) is 100 cm³/mol. The van der Waals surface area contributed by atoms with Crippen LogP contribution in [0.4, 0.5) is 0 Å². The van der Waals surface area contributed by atoms with Gasteiger partial charge in [-0.25, -0.2) is 0 Å². The van der Waals surface area contributed by atoms with Crippen LogP contribution >= 0.6 is 0 Å². The lowest BCUT2D eigenvalue weighted by molar-refractivity contribution is -0.132. The lowest BCUT2D eigenvalue weighted by Crippen LogP contribution is -2.32. The summed E-state index contributed by atoms with van der Waals surface area (Å²) >= 11 is 0. The van der Waals surface area contributed by atoms with Crippen LogP contribution < -0.4 is 5.73 Å². The molecule has 2 atom stereocenters. The molecular formula is C20H31N3O2. The third-order valence-corrected chi connectivity index (χ3v) is 5.22. The summed E-state index contributed by atoms with van der Waals surface area (Å²) in [6.07, 6.45) is 1.50. The van der Waals surface area contributed by atoms with Crippen molar-refractivity contribution in [3.63, 3.8) is 0 Å². The van der Waals surface area contributed by atoms with E-state index >= 15 is 0 Å². The molecule has 1 heterocycles. The van der Waals surface area contributed by atoms with E-state index in [-0.39, 0.29) is 11.8 Å². The van der Waals surface area contributed by atoms with Gasteiger partial charge < -0.3 is 15.5 Å². The van der Waals surface area contributed by atoms with Crippen LogP contribution in [0.15, 0.2) is 30.3 Å². The number of likely N-dealkylation sites (tertiary alicyclic amines) is 1. The number of rotatable bonds is 8. The molecule has 1 aliphatic rings. The Bertz CT molecular complexity index is 557. The van der Waals surface area contributed by atoms with Crippen LogP contribution in [0.3, 0.4) is 0 Å². The number of carbonyl (C=O) groups is 2. The van der Waals surface area contributed by atoms with Gasteiger partial charge in [-0.3, -0.25) is 9.59 Å². The highest BCUT2D eigenvalue weighted by Crippen LogP contribution is 2.32. The molecule has 1 aromatic rings. The van der Waals surface area contributed by atoms with Crippen LogP contribution in [0.1, 0.15) is 44.6 Å². The van der Waals surface area contributed by atoms with Crippen molar-refractivity contribution in [2.75, 3.05) is 32.7 Å². The van der Waals surface area contributed by atoms with Gasteiger partial charge in [-0.1, -0.05) is 30.3 Å². The summed E-state index contributed by atoms with van der Waals surface area (Å²) in [6.45, 7) is 7.46. The number of amides is 2. The molecule has 25 heavy (non-hydrogen) atoms. The van der Waals surface area contributed by atoms with Crippen molar-refractivity contribution in [2.24, 2.45) is 11.7 Å². The molecule has 0 bridgehead atoms. The fourth-order valence-electron chi connectivity index (χ4n) is 3.67. The zero-order chi connectivity index (χ0) is 18.2. The predicted octanol–water partition coefficient (Wildman–Crippen LogP) is 2.23. The number of benzene rings is 1. The lowest BCUT2D eigenvalue weighted by atomic mass is 9.89. The van der Waals surface area contributed by atoms with Gasteiger partial charge >= 0.3 is 0 Å². The van der Waals surface area contributed by atoms with Crippen LogP contribution in [0, 0.1) is 5.92 Å². The van der Waals surface area contributed by atoms with E-state index in [1.54, 1.807) is 0 Å². The molecule has 5 nitrogen and oxygen atoms in total. The molecule has 2 N–H and O–H groups in total. The second-order valence-corrected chi connectivity index (χ2v) is 6.73. The summed E-state index contributed by atoms with van der Waals surface area (Å²) in [5, 5.41) is 0. The highest BCUT2D eigenvalue weighted by molar-refractivity contribution is 5.79. The molecule has 0 radical (unpaired) electrons. The normalized spacial score (nSPS) is 19.9. The quantitative estimate of drug-likeness (QED) is 0.786. The first-order chi connectivity index (χ1) is 12.1. The Morgan fingerprint density at radius 2 is 1.80 bits per heavy atom. The fourth-order valence-corrected chi connectivity index (χ4v) is 3.67. The van der Waals surface area contributed by atoms with Gasteiger partial charge in [0.05, 0.1) is 0 Å². The summed E-state index contributed by atoms with van der Waals surface area (Å²) in [4.78, 5) is 28.3. The third kappa shape index (κ3) is 5.05. The van der Waals surface area contributed by atoms with E-state index in [0.29, 0.717) is 37.6 Å². The molecule has 1 aliphatic heterocycles. The standard InChI is InChI=1S/C20H31N3O2/c1-3-22(4-2)19(24)11-8-12-20(25)23-14-17(13-21)18(15-23)16-9-6-5-7-10-16/h5-7,9-10,17-18H,3-4,8,11-15,21H2,1-2H3/t17-,18+/m1/s1. The van der Waals surface area contributed by atoms with Gasteiger partial charge in [0, 0.05) is 44.9 Å². The summed E-state index contributed by atoms with van der Waals surface area (Å²) < 4.78 is 0. The van der Waals surface area contributed by atoms with E-state index in [4.69, 9.17) is 5.73 Å². The number of nitrogens with zero attached hydrogens (tertiary/aromatic N) is 2. The zero-order valence-electron chi connectivity index (χ0n) is 15.5. The maximum atomic E-state index is 12.5. The molecule has 2 amide bonds. The Hall–Kier alpha value is -1.88. The van der Waals surface area contributed by atoms with Crippen molar-refractivity contribution >= 4 is 11.8 Å². The van der Waals surface area contributed by atoms with Crippen LogP contribution in [-0.4, -0.2) is 54.3 Å². The van der Waals surface area contributed by atoms with E-state index in [1.165, 1.54) is 5.56 Å². The highest BCUT2D eigenvalue weighted by atomic mass is 16.2. The number of carbonyl (C=O) groups excluding carboxylic acids is 2. The van der Waals surface area contributed by atoms with Gasteiger partial charge in [0.15, 0.2) is 0 Å². The molecule has 0 spiro atoms. The average molecular weight is 345 g/mol. The van der Waals surface area contributed by atoms with Crippen LogP contribution in [-0.2, 0) is 9.59 Å². The SMILES string of the molecule is CCN(CC)C(=O)CCCC(=O)N1C[C@@H](CN)[C@H](c2ccccc2)C1. The molecule has 0 saturated carbocycles. The van der Waals surface area contributed by atoms with Gasteiger partial charge in [0.1, 0.15) is 0 Å². The minimum absolute atomic E-state index is 0.140. The Balaban J connectivity index is 1.85. The van der Waals surface area contributed by atoms with Crippen molar-refractivity contribution < 1.29 is 9.59 Å². The minimum atomic E-state index is 0.140. The van der Waals surface area contributed by atoms with E-state index < -0.39 is 0 Å². The number of hydrogen-bond donors (Lipinski definition) is 1. The largest absolute Gasteiger partial charge is 0.343 e. The van der Waals surface area contributed by atoms with E-state index in [9.17, 15) is 9.59 Å². The molecule has 0 unspecified atom stereocenters. The van der Waals surface area contributed by atoms with E-state index in [2.05, 4.69) is 12.1 Å². The molecule has 1 fully saturated rings. The summed E-state index contributed by atoms with van der Waals surface area (Å²) in [5.41, 5.74) is 7.19. The molecule has 0 aromatic heterocycles. The molecule has 1 aromatic carbocycles. The topological polar surface area (TPSA) is 66.6 Å². The minimum Gasteiger partial charge on any atom is -0.343 e. The van der Waals surface area contributed by atoms with Gasteiger partial charge in [-0.15, -0.1) is 0 Å². The molecule has 1 saturated heterocycles. The molecule has 138 valence electrons. The second kappa shape index (κ2) is 9.56. The Kier molecular flexibility index (Phi) is 7.44. The van der Waals surface area contributed by atoms with Gasteiger partial charge in [-0.2, -0.15) is 0 Å². The third-order valence-electron chi connectivity index (χ3n) is 5.22. The van der Waals surface area contributed by atoms with Crippen LogP contribution in [0.25, 0.3) is 0 Å². The van der Waals surface area contributed by atoms with Crippen molar-refractivity contribution in [1.82, 2.24) is 9.80 Å². The first-order valence-corrected chi connectivity index (χ1v) is 9.41. The Morgan fingerprint density at radius 3 is 2.40 bits per heavy atom. The first kappa shape index (κ1) is 19.4. The molecule has 5 heteroatoms. The first-order valence-electron chi connectivity index (χ1n) is 9.41. The smallest absolute Gasteiger partial charge is 0.222 e. The maximum absolute atomic E-state index is 12.5. The lowest BCUT2D eigenvalue weighted by Gasteiger charge is -2.19. The summed E-state index contributed by atoms with van der Waals surface area (Å²) in [7, 11) is 0. The van der Waals surface area contributed by atoms with E-state index in [1.807, 2.05) is 41.8 Å². The van der Waals surface area contributed by atoms with Gasteiger partial charge in [0.2, 0.25) is 11.8 Å². The van der Waals surface area contributed by atoms with E-state index in [0.717, 1.165) is 26.2 Å². The van der Waals surface area contributed by atoms with Crippen molar-refractivity contribution in [2.45, 2.75) is 39.0 Å². The van der Waals surface area contributed by atoms with Crippen molar-refractivity contribution in [1.29, 1.82) is 0 Å². The number of nitrogens with two attached hydrogens (primary N) is 1.